The number of sulfonamides is 1. The van der Waals surface area contributed by atoms with Crippen molar-refractivity contribution in [2.45, 2.75) is 18.7 Å². The Morgan fingerprint density at radius 1 is 0.931 bits per heavy atom. The van der Waals surface area contributed by atoms with Gasteiger partial charge in [-0.25, -0.2) is 8.42 Å². The molecule has 0 aliphatic rings. The van der Waals surface area contributed by atoms with Crippen LogP contribution in [-0.2, 0) is 14.8 Å². The summed E-state index contributed by atoms with van der Waals surface area (Å²) in [6.07, 6.45) is 0. The molecule has 0 atom stereocenters. The van der Waals surface area contributed by atoms with E-state index in [0.717, 1.165) is 19.0 Å². The Bertz CT molecular complexity index is 1090. The second kappa shape index (κ2) is 8.96. The Labute approximate surface area is 184 Å². The van der Waals surface area contributed by atoms with Gasteiger partial charge in [0, 0.05) is 9.26 Å². The topological polar surface area (TPSA) is 66.5 Å². The highest BCUT2D eigenvalue weighted by Gasteiger charge is 2.27. The number of nitrogens with zero attached hydrogens (tertiary/aromatic N) is 1. The van der Waals surface area contributed by atoms with E-state index in [1.54, 1.807) is 30.3 Å². The quantitative estimate of drug-likeness (QED) is 0.478. The highest BCUT2D eigenvalue weighted by atomic mass is 127. The monoisotopic (exact) mass is 520 g/mol. The number of amides is 1. The Morgan fingerprint density at radius 2 is 1.52 bits per heavy atom. The molecule has 1 N–H and O–H groups in total. The number of carbonyl (C=O) groups is 1. The van der Waals surface area contributed by atoms with Crippen molar-refractivity contribution in [3.63, 3.8) is 0 Å². The standard InChI is InChI=1S/C22H21IN2O3S/c1-16-12-17(2)14-19(13-16)24-22(26)15-25(20-10-8-18(23)9-11-20)29(27,28)21-6-4-3-5-7-21/h3-14H,15H2,1-2H3,(H,24,26). The van der Waals surface area contributed by atoms with Gasteiger partial charge in [-0.3, -0.25) is 9.10 Å². The van der Waals surface area contributed by atoms with Crippen LogP contribution in [-0.4, -0.2) is 20.9 Å². The van der Waals surface area contributed by atoms with Crippen molar-refractivity contribution in [2.24, 2.45) is 0 Å². The largest absolute Gasteiger partial charge is 0.324 e. The summed E-state index contributed by atoms with van der Waals surface area (Å²) >= 11 is 2.15. The molecule has 0 aliphatic carbocycles. The van der Waals surface area contributed by atoms with Gasteiger partial charge in [0.15, 0.2) is 0 Å². The van der Waals surface area contributed by atoms with Gasteiger partial charge >= 0.3 is 0 Å². The van der Waals surface area contributed by atoms with Crippen LogP contribution in [0.25, 0.3) is 0 Å². The smallest absolute Gasteiger partial charge is 0.264 e. The molecule has 0 aromatic heterocycles. The van der Waals surface area contributed by atoms with Gasteiger partial charge in [-0.15, -0.1) is 0 Å². The molecule has 0 bridgehead atoms. The third kappa shape index (κ3) is 5.36. The first-order valence-corrected chi connectivity index (χ1v) is 11.5. The van der Waals surface area contributed by atoms with Crippen LogP contribution in [0.3, 0.4) is 0 Å². The minimum Gasteiger partial charge on any atom is -0.324 e. The first-order valence-electron chi connectivity index (χ1n) is 8.97. The summed E-state index contributed by atoms with van der Waals surface area (Å²) in [5.74, 6) is -0.409. The van der Waals surface area contributed by atoms with Gasteiger partial charge in [-0.2, -0.15) is 0 Å². The molecule has 1 amide bonds. The Kier molecular flexibility index (Phi) is 6.59. The summed E-state index contributed by atoms with van der Waals surface area (Å²) in [6, 6.07) is 20.9. The summed E-state index contributed by atoms with van der Waals surface area (Å²) in [6.45, 7) is 3.56. The number of halogens is 1. The lowest BCUT2D eigenvalue weighted by molar-refractivity contribution is -0.114. The number of benzene rings is 3. The molecule has 7 heteroatoms. The summed E-state index contributed by atoms with van der Waals surface area (Å²) in [5, 5.41) is 2.81. The van der Waals surface area contributed by atoms with Gasteiger partial charge in [0.1, 0.15) is 6.54 Å². The first-order chi connectivity index (χ1) is 13.8. The summed E-state index contributed by atoms with van der Waals surface area (Å²) in [5.41, 5.74) is 3.12. The van der Waals surface area contributed by atoms with Crippen molar-refractivity contribution in [2.75, 3.05) is 16.2 Å². The Hall–Kier alpha value is -2.39. The van der Waals surface area contributed by atoms with Crippen LogP contribution in [0.2, 0.25) is 0 Å². The molecule has 3 aromatic rings. The van der Waals surface area contributed by atoms with Crippen LogP contribution in [0.4, 0.5) is 11.4 Å². The minimum absolute atomic E-state index is 0.137. The average Bonchev–Trinajstić information content (AvgIpc) is 2.67. The van der Waals surface area contributed by atoms with Crippen LogP contribution in [0.5, 0.6) is 0 Å². The van der Waals surface area contributed by atoms with Crippen molar-refractivity contribution >= 4 is 49.9 Å². The van der Waals surface area contributed by atoms with Gasteiger partial charge in [0.2, 0.25) is 5.91 Å². The van der Waals surface area contributed by atoms with E-state index in [2.05, 4.69) is 27.9 Å². The molecular weight excluding hydrogens is 499 g/mol. The van der Waals surface area contributed by atoms with E-state index in [0.29, 0.717) is 11.4 Å². The number of aryl methyl sites for hydroxylation is 2. The highest BCUT2D eigenvalue weighted by Crippen LogP contribution is 2.24. The number of nitrogens with one attached hydrogen (secondary N) is 1. The zero-order valence-corrected chi connectivity index (χ0v) is 19.1. The molecule has 0 saturated carbocycles. The molecule has 0 unspecified atom stereocenters. The number of hydrogen-bond donors (Lipinski definition) is 1. The molecule has 0 heterocycles. The Balaban J connectivity index is 1.93. The molecule has 0 radical (unpaired) electrons. The molecule has 3 aromatic carbocycles. The van der Waals surface area contributed by atoms with Crippen LogP contribution in [0, 0.1) is 17.4 Å². The summed E-state index contributed by atoms with van der Waals surface area (Å²) < 4.78 is 28.6. The van der Waals surface area contributed by atoms with E-state index < -0.39 is 15.9 Å². The fourth-order valence-corrected chi connectivity index (χ4v) is 4.82. The third-order valence-electron chi connectivity index (χ3n) is 4.24. The summed E-state index contributed by atoms with van der Waals surface area (Å²) in [4.78, 5) is 12.9. The van der Waals surface area contributed by atoms with Crippen molar-refractivity contribution < 1.29 is 13.2 Å². The summed E-state index contributed by atoms with van der Waals surface area (Å²) in [7, 11) is -3.90. The van der Waals surface area contributed by atoms with E-state index in [4.69, 9.17) is 0 Å². The minimum atomic E-state index is -3.90. The average molecular weight is 520 g/mol. The normalized spacial score (nSPS) is 11.1. The molecular formula is C22H21IN2O3S. The van der Waals surface area contributed by atoms with Crippen molar-refractivity contribution in [1.82, 2.24) is 0 Å². The predicted molar refractivity (Wildman–Crippen MR) is 125 cm³/mol. The van der Waals surface area contributed by atoms with Crippen LogP contribution < -0.4 is 9.62 Å². The van der Waals surface area contributed by atoms with Gasteiger partial charge in [0.05, 0.1) is 10.6 Å². The number of rotatable bonds is 6. The number of anilines is 2. The van der Waals surface area contributed by atoms with Crippen molar-refractivity contribution in [1.29, 1.82) is 0 Å². The molecule has 0 saturated heterocycles. The lowest BCUT2D eigenvalue weighted by atomic mass is 10.1. The van der Waals surface area contributed by atoms with E-state index in [9.17, 15) is 13.2 Å². The highest BCUT2D eigenvalue weighted by molar-refractivity contribution is 14.1. The van der Waals surface area contributed by atoms with Crippen molar-refractivity contribution in [3.05, 3.63) is 87.5 Å². The third-order valence-corrected chi connectivity index (χ3v) is 6.75. The SMILES string of the molecule is Cc1cc(C)cc(NC(=O)CN(c2ccc(I)cc2)S(=O)(=O)c2ccccc2)c1. The second-order valence-electron chi connectivity index (χ2n) is 6.73. The molecule has 3 rings (SSSR count). The Morgan fingerprint density at radius 3 is 2.10 bits per heavy atom. The predicted octanol–water partition coefficient (Wildman–Crippen LogP) is 4.74. The van der Waals surface area contributed by atoms with Gasteiger partial charge in [0.25, 0.3) is 10.0 Å². The lowest BCUT2D eigenvalue weighted by Gasteiger charge is -2.24. The van der Waals surface area contributed by atoms with Gasteiger partial charge < -0.3 is 5.32 Å². The lowest BCUT2D eigenvalue weighted by Crippen LogP contribution is -2.38. The fourth-order valence-electron chi connectivity index (χ4n) is 3.02. The molecule has 0 spiro atoms. The first kappa shape index (κ1) is 21.3. The maximum Gasteiger partial charge on any atom is 0.264 e. The van der Waals surface area contributed by atoms with E-state index in [1.165, 1.54) is 12.1 Å². The number of carbonyl (C=O) groups excluding carboxylic acids is 1. The maximum absolute atomic E-state index is 13.3. The molecule has 29 heavy (non-hydrogen) atoms. The fraction of sp³-hybridized carbons (Fsp3) is 0.136. The zero-order valence-electron chi connectivity index (χ0n) is 16.1. The van der Waals surface area contributed by atoms with Crippen LogP contribution in [0.15, 0.2) is 77.7 Å². The molecule has 5 nitrogen and oxygen atoms in total. The van der Waals surface area contributed by atoms with Crippen molar-refractivity contribution in [3.8, 4) is 0 Å². The maximum atomic E-state index is 13.3. The van der Waals surface area contributed by atoms with E-state index in [-0.39, 0.29) is 11.4 Å². The van der Waals surface area contributed by atoms with E-state index in [1.807, 2.05) is 44.2 Å². The van der Waals surface area contributed by atoms with Gasteiger partial charge in [-0.05, 0) is 96.1 Å². The van der Waals surface area contributed by atoms with Gasteiger partial charge in [-0.1, -0.05) is 24.3 Å². The van der Waals surface area contributed by atoms with Crippen LogP contribution in [0.1, 0.15) is 11.1 Å². The van der Waals surface area contributed by atoms with Crippen LogP contribution >= 0.6 is 22.6 Å². The zero-order chi connectivity index (χ0) is 21.0. The molecule has 150 valence electrons. The molecule has 0 aliphatic heterocycles. The van der Waals surface area contributed by atoms with E-state index >= 15 is 0 Å². The number of hydrogen-bond acceptors (Lipinski definition) is 3. The molecule has 0 fully saturated rings. The second-order valence-corrected chi connectivity index (χ2v) is 9.83.